The molecule has 0 amide bonds. The van der Waals surface area contributed by atoms with Crippen LogP contribution in [0.1, 0.15) is 129 Å². The van der Waals surface area contributed by atoms with Gasteiger partial charge in [0, 0.05) is 71.4 Å². The zero-order valence-electron chi connectivity index (χ0n) is 45.0. The summed E-state index contributed by atoms with van der Waals surface area (Å²) in [5.74, 6) is 0. The average Bonchev–Trinajstić information content (AvgIpc) is 3.81. The summed E-state index contributed by atoms with van der Waals surface area (Å²) >= 11 is 1.91. The van der Waals surface area contributed by atoms with Gasteiger partial charge in [0.05, 0.1) is 0 Å². The number of aryl methyl sites for hydroxylation is 1. The van der Waals surface area contributed by atoms with Gasteiger partial charge in [-0.3, -0.25) is 0 Å². The van der Waals surface area contributed by atoms with Gasteiger partial charge in [-0.15, -0.1) is 11.3 Å². The van der Waals surface area contributed by atoms with Crippen LogP contribution in [-0.4, -0.2) is 6.71 Å². The molecular formula is C68H68BN3S. The normalized spacial score (nSPS) is 17.5. The topological polar surface area (TPSA) is 9.72 Å². The van der Waals surface area contributed by atoms with Crippen molar-refractivity contribution in [1.82, 2.24) is 0 Å². The lowest BCUT2D eigenvalue weighted by atomic mass is 9.33. The number of rotatable bonds is 5. The monoisotopic (exact) mass is 970 g/mol. The van der Waals surface area contributed by atoms with Gasteiger partial charge in [0.15, 0.2) is 0 Å². The fourth-order valence-corrected chi connectivity index (χ4v) is 15.1. The molecule has 9 aromatic rings. The van der Waals surface area contributed by atoms with Crippen molar-refractivity contribution in [2.75, 3.05) is 14.7 Å². The first kappa shape index (κ1) is 46.2. The lowest BCUT2D eigenvalue weighted by Gasteiger charge is -2.46. The molecule has 4 aliphatic rings. The van der Waals surface area contributed by atoms with Gasteiger partial charge in [0.2, 0.25) is 0 Å². The minimum Gasteiger partial charge on any atom is -0.311 e. The molecule has 364 valence electrons. The van der Waals surface area contributed by atoms with Crippen LogP contribution in [0.25, 0.3) is 20.2 Å². The Bertz CT molecular complexity index is 3700. The number of fused-ring (bicyclic) bond motifs is 9. The second-order valence-electron chi connectivity index (χ2n) is 25.7. The van der Waals surface area contributed by atoms with E-state index in [0.29, 0.717) is 0 Å². The van der Waals surface area contributed by atoms with E-state index in [4.69, 9.17) is 0 Å². The Balaban J connectivity index is 1.11. The highest BCUT2D eigenvalue weighted by molar-refractivity contribution is 7.25. The number of benzene rings is 8. The van der Waals surface area contributed by atoms with Crippen molar-refractivity contribution in [3.05, 3.63) is 191 Å². The highest BCUT2D eigenvalue weighted by atomic mass is 32.1. The predicted octanol–water partition coefficient (Wildman–Crippen LogP) is 17.5. The van der Waals surface area contributed by atoms with E-state index in [0.717, 1.165) is 23.5 Å². The molecule has 1 aromatic heterocycles. The fourth-order valence-electron chi connectivity index (χ4n) is 14.0. The molecule has 0 saturated carbocycles. The summed E-state index contributed by atoms with van der Waals surface area (Å²) in [6.45, 7) is 29.0. The van der Waals surface area contributed by atoms with E-state index in [1.807, 2.05) is 11.3 Å². The summed E-state index contributed by atoms with van der Waals surface area (Å²) < 4.78 is 2.66. The summed E-state index contributed by atoms with van der Waals surface area (Å²) in [6, 6.07) is 61.3. The van der Waals surface area contributed by atoms with Gasteiger partial charge in [-0.1, -0.05) is 143 Å². The van der Waals surface area contributed by atoms with Crippen LogP contribution in [0.2, 0.25) is 0 Å². The Hall–Kier alpha value is -6.56. The van der Waals surface area contributed by atoms with Crippen LogP contribution in [0.4, 0.5) is 51.2 Å². The first-order chi connectivity index (χ1) is 34.7. The molecular weight excluding hydrogens is 902 g/mol. The summed E-state index contributed by atoms with van der Waals surface area (Å²) in [7, 11) is 0. The molecule has 0 atom stereocenters. The van der Waals surface area contributed by atoms with Gasteiger partial charge in [-0.2, -0.15) is 0 Å². The molecule has 0 N–H and O–H groups in total. The second-order valence-corrected chi connectivity index (χ2v) is 26.8. The van der Waals surface area contributed by atoms with Gasteiger partial charge in [-0.05, 0) is 194 Å². The number of para-hydroxylation sites is 2. The molecule has 8 aromatic carbocycles. The molecule has 0 unspecified atom stereocenters. The molecule has 3 nitrogen and oxygen atoms in total. The molecule has 2 aliphatic heterocycles. The third-order valence-electron chi connectivity index (χ3n) is 17.6. The van der Waals surface area contributed by atoms with Gasteiger partial charge in [-0.25, -0.2) is 0 Å². The largest absolute Gasteiger partial charge is 0.311 e. The summed E-state index contributed by atoms with van der Waals surface area (Å²) in [5.41, 5.74) is 23.9. The Morgan fingerprint density at radius 2 is 1.04 bits per heavy atom. The van der Waals surface area contributed by atoms with Crippen molar-refractivity contribution in [1.29, 1.82) is 0 Å². The molecule has 73 heavy (non-hydrogen) atoms. The summed E-state index contributed by atoms with van der Waals surface area (Å²) in [5, 5.41) is 2.63. The van der Waals surface area contributed by atoms with Gasteiger partial charge in [0.25, 0.3) is 6.71 Å². The molecule has 0 fully saturated rings. The number of anilines is 9. The smallest absolute Gasteiger partial charge is 0.252 e. The summed E-state index contributed by atoms with van der Waals surface area (Å²) in [6.07, 6.45) is 3.48. The van der Waals surface area contributed by atoms with Gasteiger partial charge >= 0.3 is 0 Å². The SMILES string of the molecule is Cc1cc2c3c(c1)N(c1ccc4c(c1)C(C)(C)CCC4(C)C)c1cc4c(cc1B3c1ccc(N(c3ccccc3)c3ccccc3)cc1N2c1ccc2sc3cc(C(C)(C)C)ccc3c2c1)C(C)(C)CC4(C)C. The number of nitrogens with zero attached hydrogens (tertiary/aromatic N) is 3. The maximum Gasteiger partial charge on any atom is 0.252 e. The molecule has 13 rings (SSSR count). The van der Waals surface area contributed by atoms with E-state index < -0.39 is 0 Å². The molecule has 0 bridgehead atoms. The fraction of sp³-hybridized carbons (Fsp3) is 0.294. The van der Waals surface area contributed by atoms with Crippen LogP contribution >= 0.6 is 11.3 Å². The standard InChI is InChI=1S/C68H68BN3S/c1-42-33-59-63-60(34-42)72(47-24-28-51-52(37-47)66(7,8)32-31-65(51,5)6)58-40-54-53(67(9,10)41-68(54,11)12)39-56(58)69(63)55-29-25-48(70(44-19-15-13-16-20-44)45-21-17-14-18-22-45)38-57(55)71(59)46-26-30-61-50(36-46)49-27-23-43(64(2,3)4)35-62(49)73-61/h13-30,33-40H,31-32,41H2,1-12H3. The quantitative estimate of drug-likeness (QED) is 0.159. The van der Waals surface area contributed by atoms with Crippen molar-refractivity contribution in [2.45, 2.75) is 129 Å². The molecule has 0 radical (unpaired) electrons. The molecule has 0 spiro atoms. The maximum atomic E-state index is 2.68. The van der Waals surface area contributed by atoms with Crippen molar-refractivity contribution >= 4 is 106 Å². The maximum absolute atomic E-state index is 2.68. The molecule has 0 saturated heterocycles. The van der Waals surface area contributed by atoms with Crippen molar-refractivity contribution in [3.63, 3.8) is 0 Å². The van der Waals surface area contributed by atoms with E-state index in [2.05, 4.69) is 256 Å². The molecule has 5 heteroatoms. The third kappa shape index (κ3) is 7.11. The van der Waals surface area contributed by atoms with Crippen LogP contribution in [-0.2, 0) is 27.1 Å². The van der Waals surface area contributed by atoms with Crippen molar-refractivity contribution < 1.29 is 0 Å². The average molecular weight is 970 g/mol. The second kappa shape index (κ2) is 15.7. The Labute approximate surface area is 438 Å². The van der Waals surface area contributed by atoms with Crippen molar-refractivity contribution in [3.8, 4) is 0 Å². The van der Waals surface area contributed by atoms with E-state index >= 15 is 0 Å². The predicted molar refractivity (Wildman–Crippen MR) is 317 cm³/mol. The first-order valence-electron chi connectivity index (χ1n) is 26.8. The lowest BCUT2D eigenvalue weighted by Crippen LogP contribution is -2.61. The molecule has 2 aliphatic carbocycles. The zero-order valence-corrected chi connectivity index (χ0v) is 45.8. The number of hydrogen-bond acceptors (Lipinski definition) is 4. The third-order valence-corrected chi connectivity index (χ3v) is 18.8. The van der Waals surface area contributed by atoms with Crippen LogP contribution in [0.15, 0.2) is 158 Å². The number of thiophene rings is 1. The van der Waals surface area contributed by atoms with Crippen LogP contribution in [0, 0.1) is 6.92 Å². The van der Waals surface area contributed by atoms with Crippen molar-refractivity contribution in [2.24, 2.45) is 0 Å². The van der Waals surface area contributed by atoms with Gasteiger partial charge < -0.3 is 14.7 Å². The van der Waals surface area contributed by atoms with Crippen LogP contribution < -0.4 is 31.1 Å². The number of hydrogen-bond donors (Lipinski definition) is 0. The minimum atomic E-state index is -0.00149. The van der Waals surface area contributed by atoms with E-state index in [-0.39, 0.29) is 33.8 Å². The Morgan fingerprint density at radius 3 is 1.68 bits per heavy atom. The minimum absolute atomic E-state index is 0.00149. The van der Waals surface area contributed by atoms with Crippen LogP contribution in [0.3, 0.4) is 0 Å². The van der Waals surface area contributed by atoms with Crippen LogP contribution in [0.5, 0.6) is 0 Å². The Kier molecular flexibility index (Phi) is 9.97. The van der Waals surface area contributed by atoms with E-state index in [1.54, 1.807) is 0 Å². The molecule has 3 heterocycles. The lowest BCUT2D eigenvalue weighted by molar-refractivity contribution is 0.332. The Morgan fingerprint density at radius 1 is 0.466 bits per heavy atom. The van der Waals surface area contributed by atoms with E-state index in [9.17, 15) is 0 Å². The zero-order chi connectivity index (χ0) is 50.7. The summed E-state index contributed by atoms with van der Waals surface area (Å²) in [4.78, 5) is 7.73. The van der Waals surface area contributed by atoms with E-state index in [1.165, 1.54) is 117 Å². The highest BCUT2D eigenvalue weighted by Crippen LogP contribution is 2.55. The first-order valence-corrected chi connectivity index (χ1v) is 27.6. The highest BCUT2D eigenvalue weighted by Gasteiger charge is 2.49. The van der Waals surface area contributed by atoms with Gasteiger partial charge in [0.1, 0.15) is 0 Å².